The second kappa shape index (κ2) is 6.56. The number of carboxylic acids is 1. The summed E-state index contributed by atoms with van der Waals surface area (Å²) in [6, 6.07) is 0. The third-order valence-electron chi connectivity index (χ3n) is 1.06. The predicted octanol–water partition coefficient (Wildman–Crippen LogP) is -0.476. The van der Waals surface area contributed by atoms with Gasteiger partial charge in [0.2, 0.25) is 0 Å². The molecule has 0 N–H and O–H groups in total. The molecule has 0 aliphatic heterocycles. The second-order valence-electron chi connectivity index (χ2n) is 4.58. The van der Waals surface area contributed by atoms with Crippen molar-refractivity contribution in [2.75, 3.05) is 41.9 Å². The highest BCUT2D eigenvalue weighted by Crippen LogP contribution is 1.89. The van der Waals surface area contributed by atoms with Crippen molar-refractivity contribution in [3.8, 4) is 0 Å². The third kappa shape index (κ3) is 17.3. The molecular weight excluding hydrogens is 180 g/mol. The number of nitrogens with zero attached hydrogens (tertiary/aromatic N) is 2. The molecular formula is C10H22N2O2. The summed E-state index contributed by atoms with van der Waals surface area (Å²) < 4.78 is 1.01. The second-order valence-corrected chi connectivity index (χ2v) is 4.58. The fraction of sp³-hybridized carbons (Fsp3) is 0.700. The summed E-state index contributed by atoms with van der Waals surface area (Å²) in [5.74, 6) is -1.19. The lowest BCUT2D eigenvalue weighted by Crippen LogP contribution is -2.42. The molecule has 0 amide bonds. The summed E-state index contributed by atoms with van der Waals surface area (Å²) in [6.07, 6.45) is 0. The normalized spacial score (nSPS) is 10.5. The van der Waals surface area contributed by atoms with Crippen LogP contribution in [0.15, 0.2) is 12.2 Å². The molecule has 4 heteroatoms. The Hall–Kier alpha value is -0.870. The van der Waals surface area contributed by atoms with E-state index in [9.17, 15) is 9.90 Å². The van der Waals surface area contributed by atoms with E-state index in [1.165, 1.54) is 6.92 Å². The SMILES string of the molecule is C=C(C)C(=O)[O-].CN(C)C[N+](C)(C)C. The molecule has 0 aromatic carbocycles. The molecule has 0 unspecified atom stereocenters. The van der Waals surface area contributed by atoms with E-state index >= 15 is 0 Å². The molecule has 0 aromatic rings. The third-order valence-corrected chi connectivity index (χ3v) is 1.06. The van der Waals surface area contributed by atoms with Crippen LogP contribution < -0.4 is 5.11 Å². The van der Waals surface area contributed by atoms with E-state index in [4.69, 9.17) is 0 Å². The zero-order valence-corrected chi connectivity index (χ0v) is 10.1. The van der Waals surface area contributed by atoms with E-state index in [0.717, 1.165) is 11.2 Å². The fourth-order valence-corrected chi connectivity index (χ4v) is 0.849. The molecule has 0 saturated heterocycles. The lowest BCUT2D eigenvalue weighted by atomic mass is 10.4. The molecule has 0 atom stereocenters. The number of hydrogen-bond acceptors (Lipinski definition) is 3. The number of carbonyl (C=O) groups excluding carboxylic acids is 1. The molecule has 0 fully saturated rings. The van der Waals surface area contributed by atoms with Gasteiger partial charge in [-0.1, -0.05) is 6.58 Å². The van der Waals surface area contributed by atoms with Crippen LogP contribution in [0.5, 0.6) is 0 Å². The summed E-state index contributed by atoms with van der Waals surface area (Å²) >= 11 is 0. The Balaban J connectivity index is 0. The van der Waals surface area contributed by atoms with Crippen molar-refractivity contribution in [3.05, 3.63) is 12.2 Å². The first-order valence-electron chi connectivity index (χ1n) is 4.38. The maximum absolute atomic E-state index is 9.49. The molecule has 0 heterocycles. The Morgan fingerprint density at radius 3 is 1.64 bits per heavy atom. The lowest BCUT2D eigenvalue weighted by Gasteiger charge is -2.27. The van der Waals surface area contributed by atoms with E-state index in [0.29, 0.717) is 0 Å². The van der Waals surface area contributed by atoms with Crippen LogP contribution in [0.2, 0.25) is 0 Å². The maximum Gasteiger partial charge on any atom is 0.133 e. The molecule has 14 heavy (non-hydrogen) atoms. The van der Waals surface area contributed by atoms with Gasteiger partial charge in [-0.15, -0.1) is 0 Å². The van der Waals surface area contributed by atoms with Crippen LogP contribution in [0.4, 0.5) is 0 Å². The first kappa shape index (κ1) is 15.6. The van der Waals surface area contributed by atoms with Crippen LogP contribution in [-0.2, 0) is 4.79 Å². The number of carbonyl (C=O) groups is 1. The first-order valence-corrected chi connectivity index (χ1v) is 4.38. The molecule has 0 bridgehead atoms. The van der Waals surface area contributed by atoms with Crippen molar-refractivity contribution >= 4 is 5.97 Å². The van der Waals surface area contributed by atoms with Gasteiger partial charge in [0, 0.05) is 0 Å². The van der Waals surface area contributed by atoms with Crippen molar-refractivity contribution in [1.82, 2.24) is 4.90 Å². The summed E-state index contributed by atoms with van der Waals surface area (Å²) in [5, 5.41) is 9.49. The van der Waals surface area contributed by atoms with Gasteiger partial charge < -0.3 is 14.4 Å². The molecule has 84 valence electrons. The minimum Gasteiger partial charge on any atom is -0.545 e. The van der Waals surface area contributed by atoms with E-state index in [2.05, 4.69) is 46.7 Å². The zero-order valence-electron chi connectivity index (χ0n) is 10.1. The van der Waals surface area contributed by atoms with Gasteiger partial charge in [0.05, 0.1) is 27.1 Å². The van der Waals surface area contributed by atoms with Crippen molar-refractivity contribution in [2.45, 2.75) is 6.92 Å². The molecule has 0 saturated carbocycles. The van der Waals surface area contributed by atoms with Gasteiger partial charge in [0.25, 0.3) is 0 Å². The van der Waals surface area contributed by atoms with Crippen LogP contribution in [0, 0.1) is 0 Å². The van der Waals surface area contributed by atoms with Gasteiger partial charge in [-0.2, -0.15) is 0 Å². The Bertz CT molecular complexity index is 181. The minimum absolute atomic E-state index is 0.0648. The van der Waals surface area contributed by atoms with Gasteiger partial charge >= 0.3 is 0 Å². The number of rotatable bonds is 3. The molecule has 0 aliphatic rings. The average Bonchev–Trinajstić information content (AvgIpc) is 1.81. The van der Waals surface area contributed by atoms with Crippen molar-refractivity contribution in [3.63, 3.8) is 0 Å². The highest BCUT2D eigenvalue weighted by atomic mass is 16.4. The molecule has 0 rings (SSSR count). The Morgan fingerprint density at radius 1 is 1.36 bits per heavy atom. The maximum atomic E-state index is 9.49. The van der Waals surface area contributed by atoms with Gasteiger partial charge in [-0.05, 0) is 26.6 Å². The molecule has 0 aromatic heterocycles. The van der Waals surface area contributed by atoms with E-state index in [-0.39, 0.29) is 5.57 Å². The average molecular weight is 202 g/mol. The Labute approximate surface area is 87.0 Å². The molecule has 0 spiro atoms. The Morgan fingerprint density at radius 2 is 1.64 bits per heavy atom. The smallest absolute Gasteiger partial charge is 0.133 e. The summed E-state index contributed by atoms with van der Waals surface area (Å²) in [7, 11) is 10.7. The summed E-state index contributed by atoms with van der Waals surface area (Å²) in [5.41, 5.74) is 0.0648. The predicted molar refractivity (Wildman–Crippen MR) is 56.4 cm³/mol. The first-order chi connectivity index (χ1) is 6.06. The Kier molecular flexibility index (Phi) is 7.31. The van der Waals surface area contributed by atoms with Crippen LogP contribution in [0.1, 0.15) is 6.92 Å². The summed E-state index contributed by atoms with van der Waals surface area (Å²) in [4.78, 5) is 11.7. The standard InChI is InChI=1S/C6H17N2.C4H6O2/c1-7(2)6-8(3,4)5;1-3(2)4(5)6/h6H2,1-5H3;1H2,2H3,(H,5,6)/q+1;/p-1. The van der Waals surface area contributed by atoms with Gasteiger partial charge in [-0.3, -0.25) is 4.90 Å². The monoisotopic (exact) mass is 202 g/mol. The van der Waals surface area contributed by atoms with E-state index in [1.807, 2.05) is 0 Å². The number of carboxylic acid groups (broad SMARTS) is 1. The minimum atomic E-state index is -1.19. The van der Waals surface area contributed by atoms with Crippen LogP contribution in [0.25, 0.3) is 0 Å². The molecule has 4 nitrogen and oxygen atoms in total. The lowest BCUT2D eigenvalue weighted by molar-refractivity contribution is -0.880. The van der Waals surface area contributed by atoms with Gasteiger partial charge in [0.15, 0.2) is 0 Å². The quantitative estimate of drug-likeness (QED) is 0.353. The fourth-order valence-electron chi connectivity index (χ4n) is 0.849. The van der Waals surface area contributed by atoms with E-state index < -0.39 is 5.97 Å². The largest absolute Gasteiger partial charge is 0.545 e. The van der Waals surface area contributed by atoms with Gasteiger partial charge in [-0.25, -0.2) is 0 Å². The number of quaternary nitrogens is 1. The number of aliphatic carboxylic acids is 1. The van der Waals surface area contributed by atoms with E-state index in [1.54, 1.807) is 0 Å². The highest BCUT2D eigenvalue weighted by Gasteiger charge is 2.05. The van der Waals surface area contributed by atoms with Crippen LogP contribution in [-0.4, -0.2) is 57.3 Å². The van der Waals surface area contributed by atoms with Crippen molar-refractivity contribution < 1.29 is 14.4 Å². The van der Waals surface area contributed by atoms with Crippen molar-refractivity contribution in [2.24, 2.45) is 0 Å². The summed E-state index contributed by atoms with van der Waals surface area (Å²) in [6.45, 7) is 5.57. The highest BCUT2D eigenvalue weighted by molar-refractivity contribution is 5.82. The molecule has 0 radical (unpaired) electrons. The zero-order chi connectivity index (χ0) is 11.9. The van der Waals surface area contributed by atoms with Crippen molar-refractivity contribution in [1.29, 1.82) is 0 Å². The van der Waals surface area contributed by atoms with Gasteiger partial charge in [0.1, 0.15) is 6.67 Å². The number of hydrogen-bond donors (Lipinski definition) is 0. The van der Waals surface area contributed by atoms with Crippen LogP contribution >= 0.6 is 0 Å². The molecule has 0 aliphatic carbocycles. The van der Waals surface area contributed by atoms with Crippen LogP contribution in [0.3, 0.4) is 0 Å². The topological polar surface area (TPSA) is 43.4 Å².